The summed E-state index contributed by atoms with van der Waals surface area (Å²) in [5.74, 6) is 1.05. The number of nitrogens with one attached hydrogen (secondary N) is 1. The van der Waals surface area contributed by atoms with E-state index in [0.717, 1.165) is 26.1 Å². The van der Waals surface area contributed by atoms with Crippen LogP contribution in [0.15, 0.2) is 0 Å². The third-order valence-corrected chi connectivity index (χ3v) is 5.33. The average molecular weight is 279 g/mol. The number of carbonyl (C=O) groups is 1. The summed E-state index contributed by atoms with van der Waals surface area (Å²) in [6.07, 6.45) is 7.36. The Bertz CT molecular complexity index is 341. The third kappa shape index (κ3) is 3.17. The van der Waals surface area contributed by atoms with Crippen LogP contribution >= 0.6 is 0 Å². The Morgan fingerprint density at radius 2 is 1.90 bits per heavy atom. The van der Waals surface area contributed by atoms with Crippen LogP contribution in [-0.4, -0.2) is 60.5 Å². The van der Waals surface area contributed by atoms with Crippen molar-refractivity contribution in [3.05, 3.63) is 0 Å². The predicted octanol–water partition coefficient (Wildman–Crippen LogP) is 1.46. The Labute approximate surface area is 122 Å². The quantitative estimate of drug-likeness (QED) is 0.831. The molecule has 0 aromatic carbocycles. The zero-order chi connectivity index (χ0) is 13.9. The molecule has 0 radical (unpaired) electrons. The fourth-order valence-corrected chi connectivity index (χ4v) is 4.08. The zero-order valence-electron chi connectivity index (χ0n) is 12.8. The van der Waals surface area contributed by atoms with Crippen LogP contribution in [-0.2, 0) is 4.79 Å². The van der Waals surface area contributed by atoms with Crippen molar-refractivity contribution >= 4 is 5.91 Å². The highest BCUT2D eigenvalue weighted by Gasteiger charge is 2.33. The molecule has 20 heavy (non-hydrogen) atoms. The van der Waals surface area contributed by atoms with Crippen LogP contribution in [0.1, 0.15) is 45.4 Å². The van der Waals surface area contributed by atoms with Crippen molar-refractivity contribution in [2.45, 2.75) is 57.5 Å². The summed E-state index contributed by atoms with van der Waals surface area (Å²) in [5, 5.41) is 3.43. The van der Waals surface area contributed by atoms with Gasteiger partial charge in [0.25, 0.3) is 0 Å². The molecule has 3 heterocycles. The number of rotatable bonds is 2. The van der Waals surface area contributed by atoms with Gasteiger partial charge in [-0.2, -0.15) is 0 Å². The van der Waals surface area contributed by atoms with E-state index in [0.29, 0.717) is 17.9 Å². The van der Waals surface area contributed by atoms with Crippen molar-refractivity contribution in [1.82, 2.24) is 15.1 Å². The Hall–Kier alpha value is -0.610. The van der Waals surface area contributed by atoms with Crippen LogP contribution < -0.4 is 5.32 Å². The number of piperidine rings is 2. The van der Waals surface area contributed by atoms with Crippen molar-refractivity contribution in [3.63, 3.8) is 0 Å². The van der Waals surface area contributed by atoms with Gasteiger partial charge in [0.1, 0.15) is 0 Å². The van der Waals surface area contributed by atoms with Crippen molar-refractivity contribution < 1.29 is 4.79 Å². The van der Waals surface area contributed by atoms with E-state index in [9.17, 15) is 4.79 Å². The number of hydrogen-bond donors (Lipinski definition) is 1. The lowest BCUT2D eigenvalue weighted by Crippen LogP contribution is -2.55. The second-order valence-corrected chi connectivity index (χ2v) is 6.96. The first kappa shape index (κ1) is 14.3. The molecular weight excluding hydrogens is 250 g/mol. The molecule has 4 nitrogen and oxygen atoms in total. The first-order chi connectivity index (χ1) is 9.74. The molecule has 0 aromatic rings. The van der Waals surface area contributed by atoms with Gasteiger partial charge in [-0.15, -0.1) is 0 Å². The Balaban J connectivity index is 1.56. The lowest BCUT2D eigenvalue weighted by Gasteiger charge is -2.40. The lowest BCUT2D eigenvalue weighted by atomic mass is 9.93. The highest BCUT2D eigenvalue weighted by atomic mass is 16.2. The molecule has 114 valence electrons. The number of likely N-dealkylation sites (tertiary alicyclic amines) is 2. The second kappa shape index (κ2) is 6.44. The minimum Gasteiger partial charge on any atom is -0.340 e. The fraction of sp³-hybridized carbons (Fsp3) is 0.938. The molecule has 0 saturated carbocycles. The predicted molar refractivity (Wildman–Crippen MR) is 80.6 cm³/mol. The van der Waals surface area contributed by atoms with E-state index in [2.05, 4.69) is 22.0 Å². The van der Waals surface area contributed by atoms with Crippen molar-refractivity contribution in [1.29, 1.82) is 0 Å². The maximum absolute atomic E-state index is 12.7. The maximum Gasteiger partial charge on any atom is 0.239 e. The summed E-state index contributed by atoms with van der Waals surface area (Å²) in [4.78, 5) is 17.5. The summed E-state index contributed by atoms with van der Waals surface area (Å²) in [6, 6.07) is 0.701. The van der Waals surface area contributed by atoms with Gasteiger partial charge in [-0.3, -0.25) is 9.69 Å². The van der Waals surface area contributed by atoms with Gasteiger partial charge >= 0.3 is 0 Å². The standard InChI is InChI=1S/C16H29N3O/c1-13-6-7-17-15(11-13)16(20)19-10-4-5-14(12-19)18-8-2-3-9-18/h13-15,17H,2-12H2,1H3. The number of hydrogen-bond acceptors (Lipinski definition) is 3. The summed E-state index contributed by atoms with van der Waals surface area (Å²) in [5.41, 5.74) is 0. The summed E-state index contributed by atoms with van der Waals surface area (Å²) < 4.78 is 0. The molecule has 3 saturated heterocycles. The van der Waals surface area contributed by atoms with Gasteiger partial charge in [0, 0.05) is 19.1 Å². The van der Waals surface area contributed by atoms with E-state index < -0.39 is 0 Å². The van der Waals surface area contributed by atoms with Crippen LogP contribution in [0, 0.1) is 5.92 Å². The van der Waals surface area contributed by atoms with E-state index in [1.807, 2.05) is 0 Å². The molecule has 1 N–H and O–H groups in total. The van der Waals surface area contributed by atoms with Crippen LogP contribution in [0.25, 0.3) is 0 Å². The zero-order valence-corrected chi connectivity index (χ0v) is 12.8. The first-order valence-electron chi connectivity index (χ1n) is 8.50. The third-order valence-electron chi connectivity index (χ3n) is 5.33. The van der Waals surface area contributed by atoms with Gasteiger partial charge in [0.2, 0.25) is 5.91 Å². The second-order valence-electron chi connectivity index (χ2n) is 6.96. The molecule has 0 aromatic heterocycles. The first-order valence-corrected chi connectivity index (χ1v) is 8.50. The molecule has 0 bridgehead atoms. The van der Waals surface area contributed by atoms with Gasteiger partial charge in [0.15, 0.2) is 0 Å². The molecule has 4 heteroatoms. The van der Waals surface area contributed by atoms with Gasteiger partial charge < -0.3 is 10.2 Å². The highest BCUT2D eigenvalue weighted by molar-refractivity contribution is 5.82. The molecule has 1 amide bonds. The minimum absolute atomic E-state index is 0.0797. The van der Waals surface area contributed by atoms with Gasteiger partial charge in [-0.1, -0.05) is 6.92 Å². The molecule has 0 spiro atoms. The highest BCUT2D eigenvalue weighted by Crippen LogP contribution is 2.23. The van der Waals surface area contributed by atoms with Crippen LogP contribution in [0.3, 0.4) is 0 Å². The van der Waals surface area contributed by atoms with Gasteiger partial charge in [0.05, 0.1) is 6.04 Å². The summed E-state index contributed by atoms with van der Waals surface area (Å²) in [7, 11) is 0. The van der Waals surface area contributed by atoms with E-state index >= 15 is 0 Å². The smallest absolute Gasteiger partial charge is 0.239 e. The van der Waals surface area contributed by atoms with Gasteiger partial charge in [-0.25, -0.2) is 0 Å². The Kier molecular flexibility index (Phi) is 4.61. The number of carbonyl (C=O) groups excluding carboxylic acids is 1. The summed E-state index contributed by atoms with van der Waals surface area (Å²) >= 11 is 0. The van der Waals surface area contributed by atoms with E-state index in [4.69, 9.17) is 0 Å². The maximum atomic E-state index is 12.7. The van der Waals surface area contributed by atoms with Crippen LogP contribution in [0.4, 0.5) is 0 Å². The lowest BCUT2D eigenvalue weighted by molar-refractivity contribution is -0.136. The monoisotopic (exact) mass is 279 g/mol. The van der Waals surface area contributed by atoms with Crippen molar-refractivity contribution in [3.8, 4) is 0 Å². The van der Waals surface area contributed by atoms with Crippen molar-refractivity contribution in [2.75, 3.05) is 32.7 Å². The Morgan fingerprint density at radius 1 is 1.10 bits per heavy atom. The molecule has 3 aliphatic rings. The van der Waals surface area contributed by atoms with E-state index in [-0.39, 0.29) is 6.04 Å². The number of nitrogens with zero attached hydrogens (tertiary/aromatic N) is 2. The minimum atomic E-state index is 0.0797. The average Bonchev–Trinajstić information content (AvgIpc) is 3.01. The largest absolute Gasteiger partial charge is 0.340 e. The van der Waals surface area contributed by atoms with E-state index in [1.54, 1.807) is 0 Å². The molecule has 3 aliphatic heterocycles. The van der Waals surface area contributed by atoms with Crippen LogP contribution in [0.5, 0.6) is 0 Å². The van der Waals surface area contributed by atoms with Gasteiger partial charge in [-0.05, 0) is 64.1 Å². The van der Waals surface area contributed by atoms with Crippen molar-refractivity contribution in [2.24, 2.45) is 5.92 Å². The normalized spacial score (nSPS) is 36.2. The van der Waals surface area contributed by atoms with Crippen LogP contribution in [0.2, 0.25) is 0 Å². The SMILES string of the molecule is CC1CCNC(C(=O)N2CCCC(N3CCCC3)C2)C1. The molecule has 3 fully saturated rings. The number of amides is 1. The topological polar surface area (TPSA) is 35.6 Å². The van der Waals surface area contributed by atoms with E-state index in [1.165, 1.54) is 45.2 Å². The molecule has 0 aliphatic carbocycles. The molecule has 3 atom stereocenters. The molecule has 3 unspecified atom stereocenters. The molecule has 3 rings (SSSR count). The fourth-order valence-electron chi connectivity index (χ4n) is 4.08. The Morgan fingerprint density at radius 3 is 2.65 bits per heavy atom. The molecular formula is C16H29N3O. The summed E-state index contributed by atoms with van der Waals surface area (Å²) in [6.45, 7) is 7.68.